The fraction of sp³-hybridized carbons (Fsp3) is 0.167. The van der Waals surface area contributed by atoms with Crippen LogP contribution in [-0.2, 0) is 4.79 Å². The van der Waals surface area contributed by atoms with Crippen molar-refractivity contribution in [2.24, 2.45) is 0 Å². The van der Waals surface area contributed by atoms with E-state index in [1.807, 2.05) is 30.3 Å². The lowest BCUT2D eigenvalue weighted by molar-refractivity contribution is -0.123. The number of carbonyl (C=O) groups excluding carboxylic acids is 2. The Labute approximate surface area is 138 Å². The van der Waals surface area contributed by atoms with Crippen LogP contribution >= 0.6 is 0 Å². The topological polar surface area (TPSA) is 75.4 Å². The van der Waals surface area contributed by atoms with E-state index in [4.69, 9.17) is 4.52 Å². The molecule has 0 radical (unpaired) electrons. The van der Waals surface area contributed by atoms with Crippen molar-refractivity contribution in [2.45, 2.75) is 0 Å². The summed E-state index contributed by atoms with van der Waals surface area (Å²) in [5.74, 6) is 0.342. The third kappa shape index (κ3) is 2.52. The molecule has 4 rings (SSSR count). The molecule has 0 bridgehead atoms. The Hall–Kier alpha value is -3.15. The quantitative estimate of drug-likeness (QED) is 0.784. The van der Waals surface area contributed by atoms with E-state index in [2.05, 4.69) is 10.5 Å². The maximum Gasteiger partial charge on any atom is 0.254 e. The molecule has 0 spiro atoms. The molecule has 1 aromatic heterocycles. The van der Waals surface area contributed by atoms with Crippen molar-refractivity contribution in [1.82, 2.24) is 15.4 Å². The molecule has 1 N–H and O–H groups in total. The first-order valence-corrected chi connectivity index (χ1v) is 7.73. The van der Waals surface area contributed by atoms with Crippen LogP contribution in [0.1, 0.15) is 10.4 Å². The summed E-state index contributed by atoms with van der Waals surface area (Å²) in [5, 5.41) is 7.56. The van der Waals surface area contributed by atoms with Gasteiger partial charge < -0.3 is 14.7 Å². The van der Waals surface area contributed by atoms with Crippen LogP contribution in [0.25, 0.3) is 22.2 Å². The first kappa shape index (κ1) is 14.4. The predicted molar refractivity (Wildman–Crippen MR) is 88.4 cm³/mol. The van der Waals surface area contributed by atoms with Crippen molar-refractivity contribution in [3.63, 3.8) is 0 Å². The van der Waals surface area contributed by atoms with Crippen LogP contribution < -0.4 is 5.32 Å². The molecular formula is C18H15N3O3. The Kier molecular flexibility index (Phi) is 3.49. The Morgan fingerprint density at radius 2 is 2.00 bits per heavy atom. The van der Waals surface area contributed by atoms with Gasteiger partial charge in [-0.1, -0.05) is 35.5 Å². The molecule has 0 saturated carbocycles. The van der Waals surface area contributed by atoms with Crippen LogP contribution in [0.3, 0.4) is 0 Å². The van der Waals surface area contributed by atoms with Gasteiger partial charge in [0.05, 0.1) is 11.9 Å². The van der Waals surface area contributed by atoms with E-state index in [1.54, 1.807) is 23.1 Å². The fourth-order valence-electron chi connectivity index (χ4n) is 2.87. The van der Waals surface area contributed by atoms with Gasteiger partial charge in [-0.05, 0) is 18.2 Å². The van der Waals surface area contributed by atoms with Crippen molar-refractivity contribution in [2.75, 3.05) is 19.6 Å². The number of carbonyl (C=O) groups is 2. The normalized spacial score (nSPS) is 14.7. The van der Waals surface area contributed by atoms with Gasteiger partial charge in [-0.2, -0.15) is 0 Å². The predicted octanol–water partition coefficient (Wildman–Crippen LogP) is 2.07. The molecule has 2 amide bonds. The van der Waals surface area contributed by atoms with Gasteiger partial charge in [0, 0.05) is 24.2 Å². The van der Waals surface area contributed by atoms with E-state index in [1.165, 1.54) is 0 Å². The van der Waals surface area contributed by atoms with Gasteiger partial charge in [-0.15, -0.1) is 0 Å². The molecule has 3 aromatic rings. The van der Waals surface area contributed by atoms with Crippen LogP contribution in [0.15, 0.2) is 53.1 Å². The van der Waals surface area contributed by atoms with Crippen LogP contribution in [0.5, 0.6) is 0 Å². The molecule has 24 heavy (non-hydrogen) atoms. The third-order valence-electron chi connectivity index (χ3n) is 4.08. The second kappa shape index (κ2) is 5.81. The molecular weight excluding hydrogens is 306 g/mol. The highest BCUT2D eigenvalue weighted by Gasteiger charge is 2.23. The molecule has 0 unspecified atom stereocenters. The zero-order chi connectivity index (χ0) is 16.5. The first-order chi connectivity index (χ1) is 11.7. The SMILES string of the molecule is O=C1CN(C(=O)c2ccc3noc(-c4ccccc4)c3c2)CCN1. The molecule has 1 aliphatic rings. The minimum atomic E-state index is -0.160. The van der Waals surface area contributed by atoms with Crippen LogP contribution in [-0.4, -0.2) is 41.5 Å². The summed E-state index contributed by atoms with van der Waals surface area (Å²) in [6.45, 7) is 1.08. The Balaban J connectivity index is 1.72. The van der Waals surface area contributed by atoms with Gasteiger partial charge in [0.15, 0.2) is 5.76 Å². The number of aromatic nitrogens is 1. The maximum absolute atomic E-state index is 12.7. The zero-order valence-corrected chi connectivity index (χ0v) is 12.9. The number of amides is 2. The van der Waals surface area contributed by atoms with Crippen molar-refractivity contribution in [3.05, 3.63) is 54.1 Å². The number of hydrogen-bond acceptors (Lipinski definition) is 4. The highest BCUT2D eigenvalue weighted by molar-refractivity contribution is 6.02. The number of nitrogens with zero attached hydrogens (tertiary/aromatic N) is 2. The summed E-state index contributed by atoms with van der Waals surface area (Å²) in [7, 11) is 0. The number of fused-ring (bicyclic) bond motifs is 1. The lowest BCUT2D eigenvalue weighted by atomic mass is 10.1. The Morgan fingerprint density at radius 3 is 2.79 bits per heavy atom. The van der Waals surface area contributed by atoms with Gasteiger partial charge in [0.25, 0.3) is 5.91 Å². The molecule has 0 aliphatic carbocycles. The highest BCUT2D eigenvalue weighted by atomic mass is 16.5. The van der Waals surface area contributed by atoms with E-state index in [0.29, 0.717) is 29.9 Å². The zero-order valence-electron chi connectivity index (χ0n) is 12.9. The molecule has 120 valence electrons. The summed E-state index contributed by atoms with van der Waals surface area (Å²) >= 11 is 0. The Bertz CT molecular complexity index is 918. The second-order valence-corrected chi connectivity index (χ2v) is 5.69. The molecule has 1 fully saturated rings. The fourth-order valence-corrected chi connectivity index (χ4v) is 2.87. The van der Waals surface area contributed by atoms with E-state index in [0.717, 1.165) is 10.9 Å². The maximum atomic E-state index is 12.7. The van der Waals surface area contributed by atoms with Crippen molar-refractivity contribution < 1.29 is 14.1 Å². The molecule has 6 heteroatoms. The van der Waals surface area contributed by atoms with Gasteiger partial charge in [0.1, 0.15) is 5.52 Å². The lowest BCUT2D eigenvalue weighted by Crippen LogP contribution is -2.49. The monoisotopic (exact) mass is 321 g/mol. The number of piperazine rings is 1. The smallest absolute Gasteiger partial charge is 0.254 e. The lowest BCUT2D eigenvalue weighted by Gasteiger charge is -2.26. The summed E-state index contributed by atoms with van der Waals surface area (Å²) in [5.41, 5.74) is 2.13. The average molecular weight is 321 g/mol. The first-order valence-electron chi connectivity index (χ1n) is 7.73. The van der Waals surface area contributed by atoms with Gasteiger partial charge >= 0.3 is 0 Å². The van der Waals surface area contributed by atoms with Crippen molar-refractivity contribution in [1.29, 1.82) is 0 Å². The number of nitrogens with one attached hydrogen (secondary N) is 1. The minimum absolute atomic E-state index is 0.0893. The summed E-state index contributed by atoms with van der Waals surface area (Å²) in [6, 6.07) is 14.9. The molecule has 1 aliphatic heterocycles. The van der Waals surface area contributed by atoms with Gasteiger partial charge in [-0.25, -0.2) is 0 Å². The molecule has 0 atom stereocenters. The van der Waals surface area contributed by atoms with E-state index in [9.17, 15) is 9.59 Å². The highest BCUT2D eigenvalue weighted by Crippen LogP contribution is 2.29. The molecule has 2 aromatic carbocycles. The number of benzene rings is 2. The van der Waals surface area contributed by atoms with Gasteiger partial charge in [-0.3, -0.25) is 9.59 Å². The standard InChI is InChI=1S/C18H15N3O3/c22-16-11-21(9-8-19-16)18(23)13-6-7-15-14(10-13)17(24-20-15)12-4-2-1-3-5-12/h1-7,10H,8-9,11H2,(H,19,22). The largest absolute Gasteiger partial charge is 0.355 e. The van der Waals surface area contributed by atoms with E-state index in [-0.39, 0.29) is 18.4 Å². The van der Waals surface area contributed by atoms with Crippen molar-refractivity contribution in [3.8, 4) is 11.3 Å². The molecule has 2 heterocycles. The van der Waals surface area contributed by atoms with E-state index >= 15 is 0 Å². The van der Waals surface area contributed by atoms with Gasteiger partial charge in [0.2, 0.25) is 5.91 Å². The third-order valence-corrected chi connectivity index (χ3v) is 4.08. The second-order valence-electron chi connectivity index (χ2n) is 5.69. The molecule has 1 saturated heterocycles. The average Bonchev–Trinajstić information content (AvgIpc) is 3.05. The van der Waals surface area contributed by atoms with Crippen LogP contribution in [0.2, 0.25) is 0 Å². The summed E-state index contributed by atoms with van der Waals surface area (Å²) in [6.07, 6.45) is 0. The summed E-state index contributed by atoms with van der Waals surface area (Å²) < 4.78 is 5.46. The molecule has 6 nitrogen and oxygen atoms in total. The van der Waals surface area contributed by atoms with E-state index < -0.39 is 0 Å². The van der Waals surface area contributed by atoms with Crippen LogP contribution in [0, 0.1) is 0 Å². The Morgan fingerprint density at radius 1 is 1.17 bits per heavy atom. The van der Waals surface area contributed by atoms with Crippen LogP contribution in [0.4, 0.5) is 0 Å². The number of rotatable bonds is 2. The summed E-state index contributed by atoms with van der Waals surface area (Å²) in [4.78, 5) is 25.7. The van der Waals surface area contributed by atoms with Crippen molar-refractivity contribution >= 4 is 22.7 Å². The minimum Gasteiger partial charge on any atom is -0.355 e. The number of hydrogen-bond donors (Lipinski definition) is 1.